The summed E-state index contributed by atoms with van der Waals surface area (Å²) in [5, 5.41) is 0. The predicted octanol–water partition coefficient (Wildman–Crippen LogP) is 15.2. The zero-order chi connectivity index (χ0) is 40.0. The standard InChI is InChI=1S/C59H56/c1-9-26-47(27-10-1)28-25-37-50(48-29-11-2-12-30-48)44-45-53(49-31-13-3-14-32-49)46-57(58(51-33-15-4-16-34-51)52-35-17-5-18-36-52)59(54-38-19-6-20-39-54,55-40-21-7-22-41-55)56-42-23-8-24-43-56/h1-24,26-27,29-36,38-43,50,53,57-58H,25,28,37,44-46H2. The lowest BCUT2D eigenvalue weighted by molar-refractivity contribution is 0.281. The van der Waals surface area contributed by atoms with Crippen LogP contribution in [0.2, 0.25) is 0 Å². The van der Waals surface area contributed by atoms with Crippen molar-refractivity contribution < 1.29 is 0 Å². The summed E-state index contributed by atoms with van der Waals surface area (Å²) < 4.78 is 0. The molecule has 59 heavy (non-hydrogen) atoms. The van der Waals surface area contributed by atoms with Crippen LogP contribution in [0.1, 0.15) is 94.4 Å². The van der Waals surface area contributed by atoms with Crippen LogP contribution in [0.5, 0.6) is 0 Å². The van der Waals surface area contributed by atoms with E-state index in [1.165, 1.54) is 57.3 Å². The molecule has 0 bridgehead atoms. The van der Waals surface area contributed by atoms with Crippen LogP contribution in [0, 0.1) is 5.92 Å². The van der Waals surface area contributed by atoms with Crippen LogP contribution in [0.4, 0.5) is 0 Å². The minimum absolute atomic E-state index is 0.0972. The molecule has 0 saturated carbocycles. The van der Waals surface area contributed by atoms with E-state index in [0.29, 0.717) is 11.8 Å². The fourth-order valence-electron chi connectivity index (χ4n) is 10.0. The van der Waals surface area contributed by atoms with Gasteiger partial charge in [0.2, 0.25) is 0 Å². The largest absolute Gasteiger partial charge is 0.0622 e. The van der Waals surface area contributed by atoms with Crippen molar-refractivity contribution in [2.45, 2.75) is 61.7 Å². The van der Waals surface area contributed by atoms with Gasteiger partial charge in [-0.25, -0.2) is 0 Å². The lowest BCUT2D eigenvalue weighted by atomic mass is 9.54. The highest BCUT2D eigenvalue weighted by Crippen LogP contribution is 2.55. The van der Waals surface area contributed by atoms with Gasteiger partial charge in [-0.05, 0) is 101 Å². The van der Waals surface area contributed by atoms with Crippen molar-refractivity contribution in [2.24, 2.45) is 5.92 Å². The fourth-order valence-corrected chi connectivity index (χ4v) is 10.0. The minimum atomic E-state index is -0.484. The summed E-state index contributed by atoms with van der Waals surface area (Å²) in [7, 11) is 0. The molecule has 0 heterocycles. The van der Waals surface area contributed by atoms with Gasteiger partial charge in [-0.15, -0.1) is 0 Å². The van der Waals surface area contributed by atoms with Crippen molar-refractivity contribution in [2.75, 3.05) is 0 Å². The molecule has 3 unspecified atom stereocenters. The van der Waals surface area contributed by atoms with Crippen LogP contribution in [-0.2, 0) is 11.8 Å². The Bertz CT molecular complexity index is 2220. The Morgan fingerprint density at radius 2 is 0.627 bits per heavy atom. The fraction of sp³-hybridized carbons (Fsp3) is 0.186. The average Bonchev–Trinajstić information content (AvgIpc) is 3.32. The second kappa shape index (κ2) is 20.0. The third-order valence-electron chi connectivity index (χ3n) is 12.8. The van der Waals surface area contributed by atoms with Crippen molar-refractivity contribution in [1.29, 1.82) is 0 Å². The first-order valence-corrected chi connectivity index (χ1v) is 21.7. The van der Waals surface area contributed by atoms with E-state index in [0.717, 1.165) is 25.7 Å². The van der Waals surface area contributed by atoms with Gasteiger partial charge in [-0.3, -0.25) is 0 Å². The van der Waals surface area contributed by atoms with Gasteiger partial charge in [0.25, 0.3) is 0 Å². The monoisotopic (exact) mass is 764 g/mol. The zero-order valence-electron chi connectivity index (χ0n) is 34.1. The second-order valence-electron chi connectivity index (χ2n) is 16.2. The molecule has 0 radical (unpaired) electrons. The van der Waals surface area contributed by atoms with Crippen molar-refractivity contribution >= 4 is 0 Å². The van der Waals surface area contributed by atoms with Crippen LogP contribution in [0.25, 0.3) is 0 Å². The Balaban J connectivity index is 1.30. The molecule has 8 aromatic carbocycles. The Labute approximate surface area is 353 Å². The Kier molecular flexibility index (Phi) is 13.4. The molecule has 0 aliphatic carbocycles. The van der Waals surface area contributed by atoms with Crippen molar-refractivity contribution in [3.63, 3.8) is 0 Å². The normalized spacial score (nSPS) is 13.1. The van der Waals surface area contributed by atoms with Gasteiger partial charge in [-0.2, -0.15) is 0 Å². The molecule has 0 aliphatic rings. The third kappa shape index (κ3) is 9.40. The van der Waals surface area contributed by atoms with Gasteiger partial charge >= 0.3 is 0 Å². The molecule has 0 aliphatic heterocycles. The first kappa shape index (κ1) is 39.6. The van der Waals surface area contributed by atoms with Gasteiger partial charge in [0.05, 0.1) is 0 Å². The van der Waals surface area contributed by atoms with E-state index in [-0.39, 0.29) is 11.8 Å². The van der Waals surface area contributed by atoms with E-state index in [2.05, 4.69) is 243 Å². The van der Waals surface area contributed by atoms with Gasteiger partial charge in [0.1, 0.15) is 0 Å². The molecule has 292 valence electrons. The van der Waals surface area contributed by atoms with Gasteiger partial charge < -0.3 is 0 Å². The first-order valence-electron chi connectivity index (χ1n) is 21.7. The number of hydrogen-bond acceptors (Lipinski definition) is 0. The van der Waals surface area contributed by atoms with E-state index in [4.69, 9.17) is 0 Å². The van der Waals surface area contributed by atoms with Gasteiger partial charge in [-0.1, -0.05) is 243 Å². The van der Waals surface area contributed by atoms with Crippen LogP contribution in [-0.4, -0.2) is 0 Å². The summed E-state index contributed by atoms with van der Waals surface area (Å²) in [5.74, 6) is 1.01. The van der Waals surface area contributed by atoms with Crippen LogP contribution in [0.3, 0.4) is 0 Å². The number of benzene rings is 8. The van der Waals surface area contributed by atoms with Gasteiger partial charge in [0.15, 0.2) is 0 Å². The molecular formula is C59H56. The van der Waals surface area contributed by atoms with E-state index >= 15 is 0 Å². The first-order chi connectivity index (χ1) is 29.3. The molecule has 0 nitrogen and oxygen atoms in total. The van der Waals surface area contributed by atoms with Crippen LogP contribution < -0.4 is 0 Å². The molecule has 8 rings (SSSR count). The Morgan fingerprint density at radius 1 is 0.305 bits per heavy atom. The number of rotatable bonds is 18. The number of hydrogen-bond donors (Lipinski definition) is 0. The molecule has 0 fully saturated rings. The van der Waals surface area contributed by atoms with Gasteiger partial charge in [0, 0.05) is 11.3 Å². The maximum Gasteiger partial charge on any atom is 0.0488 e. The molecule has 0 saturated heterocycles. The van der Waals surface area contributed by atoms with Crippen molar-refractivity contribution in [3.8, 4) is 0 Å². The Hall–Kier alpha value is -6.24. The third-order valence-corrected chi connectivity index (χ3v) is 12.8. The molecule has 8 aromatic rings. The lowest BCUT2D eigenvalue weighted by Gasteiger charge is -2.48. The maximum absolute atomic E-state index is 2.39. The highest BCUT2D eigenvalue weighted by atomic mass is 14.5. The minimum Gasteiger partial charge on any atom is -0.0622 e. The number of aryl methyl sites for hydroxylation is 1. The van der Waals surface area contributed by atoms with E-state index in [1.54, 1.807) is 0 Å². The SMILES string of the molecule is c1ccc(CCCC(CCC(CC(C(c2ccccc2)c2ccccc2)C(c2ccccc2)(c2ccccc2)c2ccccc2)c2ccccc2)c2ccccc2)cc1. The van der Waals surface area contributed by atoms with E-state index in [9.17, 15) is 0 Å². The average molecular weight is 765 g/mol. The summed E-state index contributed by atoms with van der Waals surface area (Å²) >= 11 is 0. The molecule has 0 N–H and O–H groups in total. The van der Waals surface area contributed by atoms with Crippen molar-refractivity contribution in [1.82, 2.24) is 0 Å². The molecule has 3 atom stereocenters. The quantitative estimate of drug-likeness (QED) is 0.0764. The lowest BCUT2D eigenvalue weighted by Crippen LogP contribution is -2.42. The molecule has 0 spiro atoms. The molecule has 0 amide bonds. The van der Waals surface area contributed by atoms with Crippen LogP contribution in [0.15, 0.2) is 243 Å². The zero-order valence-corrected chi connectivity index (χ0v) is 34.1. The second-order valence-corrected chi connectivity index (χ2v) is 16.2. The molecular weight excluding hydrogens is 709 g/mol. The summed E-state index contributed by atoms with van der Waals surface area (Å²) in [5.41, 5.74) is 10.5. The maximum atomic E-state index is 2.39. The summed E-state index contributed by atoms with van der Waals surface area (Å²) in [6, 6.07) is 90.7. The summed E-state index contributed by atoms with van der Waals surface area (Å²) in [4.78, 5) is 0. The highest BCUT2D eigenvalue weighted by Gasteiger charge is 2.48. The predicted molar refractivity (Wildman–Crippen MR) is 249 cm³/mol. The smallest absolute Gasteiger partial charge is 0.0488 e. The molecule has 0 heteroatoms. The van der Waals surface area contributed by atoms with E-state index < -0.39 is 5.41 Å². The molecule has 0 aromatic heterocycles. The summed E-state index contributed by atoms with van der Waals surface area (Å²) in [6.45, 7) is 0. The van der Waals surface area contributed by atoms with Crippen LogP contribution >= 0.6 is 0 Å². The highest BCUT2D eigenvalue weighted by molar-refractivity contribution is 5.54. The van der Waals surface area contributed by atoms with Crippen molar-refractivity contribution in [3.05, 3.63) is 287 Å². The summed E-state index contributed by atoms with van der Waals surface area (Å²) in [6.07, 6.45) is 6.66. The van der Waals surface area contributed by atoms with E-state index in [1.807, 2.05) is 0 Å². The Morgan fingerprint density at radius 3 is 1.03 bits per heavy atom. The topological polar surface area (TPSA) is 0 Å².